The van der Waals surface area contributed by atoms with Crippen molar-refractivity contribution in [3.8, 4) is 5.75 Å². The Bertz CT molecular complexity index is 948. The molecule has 0 saturated carbocycles. The number of methoxy groups -OCH3 is 1. The predicted octanol–water partition coefficient (Wildman–Crippen LogP) is 4.61. The van der Waals surface area contributed by atoms with Crippen molar-refractivity contribution in [3.63, 3.8) is 0 Å². The van der Waals surface area contributed by atoms with Crippen LogP contribution in [0.15, 0.2) is 66.9 Å². The highest BCUT2D eigenvalue weighted by atomic mass is 32.1. The fourth-order valence-electron chi connectivity index (χ4n) is 3.60. The Morgan fingerprint density at radius 3 is 2.67 bits per heavy atom. The second-order valence-electron chi connectivity index (χ2n) is 6.80. The van der Waals surface area contributed by atoms with Crippen molar-refractivity contribution in [2.24, 2.45) is 0 Å². The normalized spacial score (nSPS) is 15.9. The average Bonchev–Trinajstić information content (AvgIpc) is 3.17. The molecule has 0 unspecified atom stereocenters. The summed E-state index contributed by atoms with van der Waals surface area (Å²) in [5, 5.41) is 4.11. The van der Waals surface area contributed by atoms with Gasteiger partial charge in [-0.3, -0.25) is 0 Å². The molecule has 1 aliphatic heterocycles. The standard InChI is InChI=1S/C22H23N3OS/c1-16-8-10-17(11-9-16)21-20-7-4-12-24(20)13-14-25(21)22(27)23-18-5-3-6-19(15-18)26-2/h3-12,15,21H,13-14H2,1-2H3,(H,23,27)/t21-/m1/s1. The molecule has 0 saturated heterocycles. The van der Waals surface area contributed by atoms with Crippen LogP contribution in [0.3, 0.4) is 0 Å². The van der Waals surface area contributed by atoms with Crippen LogP contribution in [0.1, 0.15) is 22.9 Å². The van der Waals surface area contributed by atoms with Gasteiger partial charge in [-0.2, -0.15) is 0 Å². The second kappa shape index (κ2) is 7.45. The highest BCUT2D eigenvalue weighted by Crippen LogP contribution is 2.33. The van der Waals surface area contributed by atoms with Crippen LogP contribution in [-0.4, -0.2) is 28.2 Å². The van der Waals surface area contributed by atoms with E-state index in [2.05, 4.69) is 64.3 Å². The SMILES string of the molecule is COc1cccc(NC(=S)N2CCn3cccc3[C@H]2c2ccc(C)cc2)c1. The van der Waals surface area contributed by atoms with Gasteiger partial charge in [0.2, 0.25) is 0 Å². The maximum atomic E-state index is 5.81. The van der Waals surface area contributed by atoms with E-state index in [1.807, 2.05) is 24.3 Å². The molecule has 0 bridgehead atoms. The third-order valence-electron chi connectivity index (χ3n) is 5.01. The Labute approximate surface area is 165 Å². The average molecular weight is 378 g/mol. The maximum Gasteiger partial charge on any atom is 0.174 e. The maximum absolute atomic E-state index is 5.81. The van der Waals surface area contributed by atoms with E-state index < -0.39 is 0 Å². The van der Waals surface area contributed by atoms with Crippen molar-refractivity contribution in [1.82, 2.24) is 9.47 Å². The van der Waals surface area contributed by atoms with Crippen molar-refractivity contribution in [1.29, 1.82) is 0 Å². The number of thiocarbonyl (C=S) groups is 1. The molecule has 4 rings (SSSR count). The van der Waals surface area contributed by atoms with Gasteiger partial charge in [0.25, 0.3) is 0 Å². The summed E-state index contributed by atoms with van der Waals surface area (Å²) in [6.45, 7) is 3.89. The first kappa shape index (κ1) is 17.6. The molecular weight excluding hydrogens is 354 g/mol. The number of nitrogens with zero attached hydrogens (tertiary/aromatic N) is 2. The minimum Gasteiger partial charge on any atom is -0.497 e. The molecule has 0 radical (unpaired) electrons. The van der Waals surface area contributed by atoms with Crippen LogP contribution in [0.25, 0.3) is 0 Å². The smallest absolute Gasteiger partial charge is 0.174 e. The van der Waals surface area contributed by atoms with E-state index >= 15 is 0 Å². The molecule has 4 nitrogen and oxygen atoms in total. The lowest BCUT2D eigenvalue weighted by atomic mass is 9.99. The molecular formula is C22H23N3OS. The van der Waals surface area contributed by atoms with E-state index in [4.69, 9.17) is 17.0 Å². The summed E-state index contributed by atoms with van der Waals surface area (Å²) in [5.74, 6) is 0.811. The summed E-state index contributed by atoms with van der Waals surface area (Å²) < 4.78 is 7.63. The number of benzene rings is 2. The summed E-state index contributed by atoms with van der Waals surface area (Å²) in [6.07, 6.45) is 2.15. The molecule has 1 atom stereocenters. The fraction of sp³-hybridized carbons (Fsp3) is 0.227. The second-order valence-corrected chi connectivity index (χ2v) is 7.18. The van der Waals surface area contributed by atoms with Gasteiger partial charge in [0, 0.05) is 36.7 Å². The molecule has 3 aromatic rings. The predicted molar refractivity (Wildman–Crippen MR) is 113 cm³/mol. The zero-order valence-electron chi connectivity index (χ0n) is 15.6. The summed E-state index contributed by atoms with van der Waals surface area (Å²) in [6, 6.07) is 21.0. The minimum atomic E-state index is 0.0972. The van der Waals surface area contributed by atoms with Gasteiger partial charge in [0.1, 0.15) is 5.75 Å². The van der Waals surface area contributed by atoms with Gasteiger partial charge < -0.3 is 19.5 Å². The fourth-order valence-corrected chi connectivity index (χ4v) is 3.91. The number of hydrogen-bond acceptors (Lipinski definition) is 2. The molecule has 5 heteroatoms. The molecule has 1 aromatic heterocycles. The van der Waals surface area contributed by atoms with E-state index in [0.29, 0.717) is 0 Å². The number of hydrogen-bond donors (Lipinski definition) is 1. The number of aromatic nitrogens is 1. The quantitative estimate of drug-likeness (QED) is 0.675. The molecule has 0 amide bonds. The van der Waals surface area contributed by atoms with Crippen LogP contribution in [0.2, 0.25) is 0 Å². The number of nitrogens with one attached hydrogen (secondary N) is 1. The first-order valence-electron chi connectivity index (χ1n) is 9.09. The number of ether oxygens (including phenoxy) is 1. The zero-order valence-corrected chi connectivity index (χ0v) is 16.4. The van der Waals surface area contributed by atoms with Gasteiger partial charge in [-0.15, -0.1) is 0 Å². The summed E-state index contributed by atoms with van der Waals surface area (Å²) in [4.78, 5) is 2.27. The molecule has 27 heavy (non-hydrogen) atoms. The van der Waals surface area contributed by atoms with Crippen molar-refractivity contribution in [2.45, 2.75) is 19.5 Å². The van der Waals surface area contributed by atoms with Crippen molar-refractivity contribution < 1.29 is 4.74 Å². The summed E-state index contributed by atoms with van der Waals surface area (Å²) >= 11 is 5.81. The molecule has 0 fully saturated rings. The van der Waals surface area contributed by atoms with Gasteiger partial charge in [0.05, 0.1) is 13.2 Å². The molecule has 0 aliphatic carbocycles. The van der Waals surface area contributed by atoms with Crippen molar-refractivity contribution in [3.05, 3.63) is 83.7 Å². The molecule has 2 heterocycles. The first-order valence-corrected chi connectivity index (χ1v) is 9.50. The van der Waals surface area contributed by atoms with Gasteiger partial charge in [-0.1, -0.05) is 35.9 Å². The molecule has 2 aromatic carbocycles. The Balaban J connectivity index is 1.65. The topological polar surface area (TPSA) is 29.4 Å². The Morgan fingerprint density at radius 1 is 1.07 bits per heavy atom. The molecule has 1 aliphatic rings. The van der Waals surface area contributed by atoms with Crippen molar-refractivity contribution in [2.75, 3.05) is 19.0 Å². The molecule has 1 N–H and O–H groups in total. The Morgan fingerprint density at radius 2 is 1.89 bits per heavy atom. The highest BCUT2D eigenvalue weighted by molar-refractivity contribution is 7.80. The van der Waals surface area contributed by atoms with Gasteiger partial charge in [-0.25, -0.2) is 0 Å². The van der Waals surface area contributed by atoms with E-state index in [0.717, 1.165) is 29.6 Å². The highest BCUT2D eigenvalue weighted by Gasteiger charge is 2.30. The van der Waals surface area contributed by atoms with Crippen LogP contribution in [-0.2, 0) is 6.54 Å². The van der Waals surface area contributed by atoms with Crippen LogP contribution in [0.4, 0.5) is 5.69 Å². The van der Waals surface area contributed by atoms with Crippen LogP contribution >= 0.6 is 12.2 Å². The summed E-state index contributed by atoms with van der Waals surface area (Å²) in [7, 11) is 1.67. The van der Waals surface area contributed by atoms with Gasteiger partial charge in [-0.05, 0) is 49.0 Å². The largest absolute Gasteiger partial charge is 0.497 e. The third-order valence-corrected chi connectivity index (χ3v) is 5.35. The van der Waals surface area contributed by atoms with Crippen LogP contribution < -0.4 is 10.1 Å². The van der Waals surface area contributed by atoms with E-state index in [9.17, 15) is 0 Å². The van der Waals surface area contributed by atoms with Gasteiger partial charge in [0.15, 0.2) is 5.11 Å². The number of rotatable bonds is 3. The van der Waals surface area contributed by atoms with Gasteiger partial charge >= 0.3 is 0 Å². The molecule has 0 spiro atoms. The van der Waals surface area contributed by atoms with Crippen LogP contribution in [0, 0.1) is 6.92 Å². The zero-order chi connectivity index (χ0) is 18.8. The number of anilines is 1. The lowest BCUT2D eigenvalue weighted by molar-refractivity contribution is 0.293. The monoisotopic (exact) mass is 377 g/mol. The van der Waals surface area contributed by atoms with Crippen molar-refractivity contribution >= 4 is 23.0 Å². The van der Waals surface area contributed by atoms with E-state index in [1.54, 1.807) is 7.11 Å². The third kappa shape index (κ3) is 3.55. The Kier molecular flexibility index (Phi) is 4.86. The van der Waals surface area contributed by atoms with Crippen LogP contribution in [0.5, 0.6) is 5.75 Å². The minimum absolute atomic E-state index is 0.0972. The summed E-state index contributed by atoms with van der Waals surface area (Å²) in [5.41, 5.74) is 4.70. The number of aryl methyl sites for hydroxylation is 1. The van der Waals surface area contributed by atoms with E-state index in [1.165, 1.54) is 16.8 Å². The van der Waals surface area contributed by atoms with E-state index in [-0.39, 0.29) is 6.04 Å². The molecule has 138 valence electrons. The lowest BCUT2D eigenvalue weighted by Gasteiger charge is -2.39. The first-order chi connectivity index (χ1) is 13.2. The Hall–Kier alpha value is -2.79. The number of fused-ring (bicyclic) bond motifs is 1. The lowest BCUT2D eigenvalue weighted by Crippen LogP contribution is -2.44.